The number of carbonyl (C=O) groups excluding carboxylic acids is 4. The van der Waals surface area contributed by atoms with Gasteiger partial charge in [-0.2, -0.15) is 0 Å². The second-order valence-corrected chi connectivity index (χ2v) is 17.9. The summed E-state index contributed by atoms with van der Waals surface area (Å²) in [4.78, 5) is 60.1. The quantitative estimate of drug-likeness (QED) is 0.0448. The Kier molecular flexibility index (Phi) is 17.4. The molecule has 2 aliphatic heterocycles. The zero-order valence-electron chi connectivity index (χ0n) is 38.6. The van der Waals surface area contributed by atoms with Gasteiger partial charge in [0.1, 0.15) is 125 Å². The third-order valence-electron chi connectivity index (χ3n) is 13.3. The monoisotopic (exact) mass is 1060 g/mol. The van der Waals surface area contributed by atoms with Crippen LogP contribution in [0.4, 0.5) is 0 Å². The Balaban J connectivity index is 1.77. The van der Waals surface area contributed by atoms with E-state index < -0.39 is 191 Å². The number of benzene rings is 2. The highest BCUT2D eigenvalue weighted by atomic mass is 16.6. The van der Waals surface area contributed by atoms with Gasteiger partial charge in [-0.05, 0) is 47.5 Å². The molecule has 0 amide bonds. The van der Waals surface area contributed by atoms with Crippen molar-refractivity contribution in [3.8, 4) is 11.5 Å². The van der Waals surface area contributed by atoms with Crippen LogP contribution in [0.25, 0.3) is 12.2 Å². The molecule has 17 atom stereocenters. The van der Waals surface area contributed by atoms with Crippen LogP contribution in [0.15, 0.2) is 106 Å². The number of Topliss-reactive ketones (excluding diaryl/α,β-unsaturated/α-hetero) is 4. The van der Waals surface area contributed by atoms with Gasteiger partial charge in [0.15, 0.2) is 0 Å². The summed E-state index contributed by atoms with van der Waals surface area (Å²) in [6, 6.07) is 9.47. The standard InChI is InChI=1S/C48H54O27/c49-13-22(56)30(57)36(63)35(62)27(28-33(60)25(20(54)11-5-16-1-7-18(52)8-2-16)41(68)47(72,43(28)70)45-39(66)37(64)31(58)23(14-50)74-45)29-34(61)26(21(55)12-6-17-3-9-19(53)10-4-17)42(69)48(73,44(29)71)46-40(67)38(65)32(59)24(15-51)75-46/h1-12,22-24,27,30-32,35-40,45-46,49-67,72-73H,13-15H2/b11-5-,12-6+,25-20-,26-21-. The van der Waals surface area contributed by atoms with E-state index in [2.05, 4.69) is 0 Å². The van der Waals surface area contributed by atoms with Crippen molar-refractivity contribution in [2.45, 2.75) is 96.7 Å². The molecule has 2 aliphatic carbocycles. The van der Waals surface area contributed by atoms with E-state index in [9.17, 15) is 117 Å². The van der Waals surface area contributed by atoms with Gasteiger partial charge in [0.05, 0.1) is 43.0 Å². The van der Waals surface area contributed by atoms with Gasteiger partial charge < -0.3 is 117 Å². The Morgan fingerprint density at radius 3 is 1.17 bits per heavy atom. The number of phenolic OH excluding ortho intramolecular Hbond substituents is 2. The third-order valence-corrected chi connectivity index (χ3v) is 13.3. The third kappa shape index (κ3) is 10.1. The number of allylic oxidation sites excluding steroid dienone is 4. The van der Waals surface area contributed by atoms with E-state index in [0.717, 1.165) is 36.4 Å². The van der Waals surface area contributed by atoms with Crippen LogP contribution in [0, 0.1) is 5.92 Å². The molecule has 0 aromatic heterocycles. The minimum Gasteiger partial charge on any atom is -0.508 e. The number of rotatable bonds is 15. The van der Waals surface area contributed by atoms with Crippen LogP contribution in [0.3, 0.4) is 0 Å². The minimum absolute atomic E-state index is 0.0960. The number of aliphatic hydroxyl groups is 19. The second kappa shape index (κ2) is 22.5. The molecule has 21 N–H and O–H groups in total. The molecular weight excluding hydrogens is 1010 g/mol. The summed E-state index contributed by atoms with van der Waals surface area (Å²) < 4.78 is 10.7. The van der Waals surface area contributed by atoms with Crippen molar-refractivity contribution in [2.24, 2.45) is 5.92 Å². The van der Waals surface area contributed by atoms with Gasteiger partial charge in [-0.1, -0.05) is 36.4 Å². The molecular formula is C48H54O27. The molecule has 0 bridgehead atoms. The van der Waals surface area contributed by atoms with Crippen molar-refractivity contribution in [3.05, 3.63) is 117 Å². The maximum absolute atomic E-state index is 15.3. The predicted molar refractivity (Wildman–Crippen MR) is 245 cm³/mol. The number of ketones is 4. The average molecular weight is 1060 g/mol. The lowest BCUT2D eigenvalue weighted by atomic mass is 9.62. The lowest BCUT2D eigenvalue weighted by molar-refractivity contribution is -0.261. The van der Waals surface area contributed by atoms with Crippen molar-refractivity contribution < 1.29 is 136 Å². The topological polar surface area (TPSA) is 512 Å². The Hall–Kier alpha value is -6.32. The van der Waals surface area contributed by atoms with Crippen molar-refractivity contribution in [1.82, 2.24) is 0 Å². The number of hydrogen-bond donors (Lipinski definition) is 21. The number of phenols is 2. The van der Waals surface area contributed by atoms with Gasteiger partial charge in [-0.3, -0.25) is 19.2 Å². The van der Waals surface area contributed by atoms with Gasteiger partial charge >= 0.3 is 0 Å². The molecule has 2 aromatic carbocycles. The van der Waals surface area contributed by atoms with Gasteiger partial charge in [0, 0.05) is 0 Å². The molecule has 2 saturated heterocycles. The summed E-state index contributed by atoms with van der Waals surface area (Å²) >= 11 is 0. The summed E-state index contributed by atoms with van der Waals surface area (Å²) in [6.45, 7) is -4.07. The lowest BCUT2D eigenvalue weighted by Gasteiger charge is -2.48. The first kappa shape index (κ1) is 57.9. The van der Waals surface area contributed by atoms with E-state index in [1.165, 1.54) is 24.3 Å². The van der Waals surface area contributed by atoms with E-state index in [0.29, 0.717) is 12.2 Å². The van der Waals surface area contributed by atoms with Crippen molar-refractivity contribution in [2.75, 3.05) is 19.8 Å². The molecule has 2 aromatic rings. The fraction of sp³-hybridized carbons (Fsp3) is 0.417. The van der Waals surface area contributed by atoms with E-state index >= 15 is 9.59 Å². The normalized spacial score (nSPS) is 34.5. The maximum atomic E-state index is 15.3. The van der Waals surface area contributed by atoms with Gasteiger partial charge in [-0.25, -0.2) is 0 Å². The first-order valence-electron chi connectivity index (χ1n) is 22.4. The summed E-state index contributed by atoms with van der Waals surface area (Å²) in [5, 5.41) is 233. The number of carbonyl (C=O) groups is 4. The molecule has 2 heterocycles. The lowest BCUT2D eigenvalue weighted by Crippen LogP contribution is -2.72. The van der Waals surface area contributed by atoms with Crippen LogP contribution in [-0.4, -0.2) is 247 Å². The molecule has 0 radical (unpaired) electrons. The maximum Gasteiger partial charge on any atom is 0.219 e. The van der Waals surface area contributed by atoms with Gasteiger partial charge in [0.2, 0.25) is 34.3 Å². The molecule has 27 heteroatoms. The van der Waals surface area contributed by atoms with Crippen LogP contribution < -0.4 is 0 Å². The zero-order chi connectivity index (χ0) is 55.9. The van der Waals surface area contributed by atoms with Crippen LogP contribution in [0.1, 0.15) is 11.1 Å². The molecule has 4 aliphatic rings. The minimum atomic E-state index is -4.30. The number of aliphatic hydroxyl groups excluding tert-OH is 17. The number of hydrogen-bond acceptors (Lipinski definition) is 27. The van der Waals surface area contributed by atoms with Crippen LogP contribution in [0.5, 0.6) is 11.5 Å². The summed E-state index contributed by atoms with van der Waals surface area (Å²) in [5.74, 6) is -20.2. The summed E-state index contributed by atoms with van der Waals surface area (Å²) in [5.41, 5.74) is -15.7. The fourth-order valence-electron chi connectivity index (χ4n) is 9.07. The molecule has 408 valence electrons. The summed E-state index contributed by atoms with van der Waals surface area (Å²) in [7, 11) is 0. The number of ether oxygens (including phenoxy) is 2. The Bertz CT molecular complexity index is 2530. The SMILES string of the molecule is O=C1C(C(C2=C(O)/C(=C(O)\C=C\c3ccc(O)cc3)C(=O)C(O)(C3OC(CO)C(O)C(O)C3O)C2=O)C(O)C(O)C(O)C(O)CO)=C(O)/C(=C(O)\C=C/c2ccc(O)cc2)C(=O)C1(O)C1OC(CO)C(O)C(O)C1O. The largest absolute Gasteiger partial charge is 0.508 e. The van der Waals surface area contributed by atoms with Crippen LogP contribution in [-0.2, 0) is 28.7 Å². The fourth-order valence-corrected chi connectivity index (χ4v) is 9.07. The molecule has 0 spiro atoms. The van der Waals surface area contributed by atoms with E-state index in [-0.39, 0.29) is 22.6 Å². The zero-order valence-corrected chi connectivity index (χ0v) is 38.6. The molecule has 2 fully saturated rings. The Labute approximate surface area is 421 Å². The first-order valence-corrected chi connectivity index (χ1v) is 22.4. The van der Waals surface area contributed by atoms with Crippen LogP contribution >= 0.6 is 0 Å². The van der Waals surface area contributed by atoms with Crippen molar-refractivity contribution in [3.63, 3.8) is 0 Å². The highest BCUT2D eigenvalue weighted by Gasteiger charge is 2.68. The van der Waals surface area contributed by atoms with Crippen molar-refractivity contribution >= 4 is 35.3 Å². The van der Waals surface area contributed by atoms with Gasteiger partial charge in [0.25, 0.3) is 0 Å². The van der Waals surface area contributed by atoms with Gasteiger partial charge in [-0.15, -0.1) is 0 Å². The second-order valence-electron chi connectivity index (χ2n) is 17.9. The molecule has 6 rings (SSSR count). The average Bonchev–Trinajstić information content (AvgIpc) is 3.39. The molecule has 27 nitrogen and oxygen atoms in total. The van der Waals surface area contributed by atoms with E-state index in [1.54, 1.807) is 0 Å². The van der Waals surface area contributed by atoms with E-state index in [4.69, 9.17) is 9.47 Å². The predicted octanol–water partition coefficient (Wildman–Crippen LogP) is -6.42. The number of aromatic hydroxyl groups is 2. The highest BCUT2D eigenvalue weighted by Crippen LogP contribution is 2.48. The Morgan fingerprint density at radius 2 is 0.853 bits per heavy atom. The van der Waals surface area contributed by atoms with Crippen LogP contribution in [0.2, 0.25) is 0 Å². The van der Waals surface area contributed by atoms with Crippen molar-refractivity contribution in [1.29, 1.82) is 0 Å². The first-order chi connectivity index (χ1) is 35.2. The summed E-state index contributed by atoms with van der Waals surface area (Å²) in [6.07, 6.45) is -34.3. The van der Waals surface area contributed by atoms with E-state index in [1.807, 2.05) is 0 Å². The molecule has 75 heavy (non-hydrogen) atoms. The molecule has 17 unspecified atom stereocenters. The Morgan fingerprint density at radius 1 is 0.507 bits per heavy atom. The smallest absolute Gasteiger partial charge is 0.219 e. The molecule has 0 saturated carbocycles. The highest BCUT2D eigenvalue weighted by molar-refractivity contribution is 6.31.